The Balaban J connectivity index is 2.50. The van der Waals surface area contributed by atoms with E-state index in [1.54, 1.807) is 18.3 Å². The highest BCUT2D eigenvalue weighted by atomic mass is 35.5. The predicted octanol–water partition coefficient (Wildman–Crippen LogP) is 3.16. The molecular formula is C9H12Cl2N2. The number of anilines is 1. The van der Waals surface area contributed by atoms with Crippen molar-refractivity contribution >= 4 is 29.0 Å². The molecule has 1 rings (SSSR count). The molecule has 0 radical (unpaired) electrons. The molecule has 0 aromatic carbocycles. The lowest BCUT2D eigenvalue weighted by atomic mass is 10.3. The summed E-state index contributed by atoms with van der Waals surface area (Å²) in [7, 11) is 0. The molecule has 0 spiro atoms. The third kappa shape index (κ3) is 3.41. The van der Waals surface area contributed by atoms with E-state index in [2.05, 4.69) is 10.3 Å². The minimum Gasteiger partial charge on any atom is -0.367 e. The Kier molecular flexibility index (Phi) is 4.33. The van der Waals surface area contributed by atoms with E-state index in [1.165, 1.54) is 0 Å². The van der Waals surface area contributed by atoms with Gasteiger partial charge in [0.2, 0.25) is 0 Å². The Hall–Kier alpha value is -0.470. The van der Waals surface area contributed by atoms with Gasteiger partial charge in [-0.05, 0) is 18.6 Å². The second kappa shape index (κ2) is 5.30. The molecule has 0 amide bonds. The molecule has 72 valence electrons. The Labute approximate surface area is 88.3 Å². The van der Waals surface area contributed by atoms with Crippen molar-refractivity contribution in [1.29, 1.82) is 0 Å². The predicted molar refractivity (Wildman–Crippen MR) is 57.7 cm³/mol. The van der Waals surface area contributed by atoms with Crippen LogP contribution in [0.3, 0.4) is 0 Å². The first-order chi connectivity index (χ1) is 6.24. The van der Waals surface area contributed by atoms with E-state index in [0.717, 1.165) is 6.42 Å². The van der Waals surface area contributed by atoms with E-state index in [9.17, 15) is 0 Å². The van der Waals surface area contributed by atoms with Crippen molar-refractivity contribution in [3.63, 3.8) is 0 Å². The molecule has 1 atom stereocenters. The fourth-order valence-electron chi connectivity index (χ4n) is 0.868. The summed E-state index contributed by atoms with van der Waals surface area (Å²) in [5, 5.41) is 3.84. The summed E-state index contributed by atoms with van der Waals surface area (Å²) in [6.07, 6.45) is 2.63. The highest BCUT2D eigenvalue weighted by molar-refractivity contribution is 6.32. The summed E-state index contributed by atoms with van der Waals surface area (Å²) in [5.74, 6) is 0.697. The molecule has 0 aliphatic carbocycles. The Morgan fingerprint density at radius 2 is 2.38 bits per heavy atom. The molecule has 0 aliphatic rings. The highest BCUT2D eigenvalue weighted by Gasteiger charge is 2.03. The van der Waals surface area contributed by atoms with Crippen LogP contribution in [0.5, 0.6) is 0 Å². The molecular weight excluding hydrogens is 207 g/mol. The van der Waals surface area contributed by atoms with Crippen LogP contribution in [-0.4, -0.2) is 16.9 Å². The summed E-state index contributed by atoms with van der Waals surface area (Å²) in [4.78, 5) is 4.08. The van der Waals surface area contributed by atoms with Gasteiger partial charge >= 0.3 is 0 Å². The van der Waals surface area contributed by atoms with Gasteiger partial charge in [0.1, 0.15) is 5.82 Å². The van der Waals surface area contributed by atoms with Crippen molar-refractivity contribution in [1.82, 2.24) is 4.98 Å². The van der Waals surface area contributed by atoms with Gasteiger partial charge in [0.25, 0.3) is 0 Å². The van der Waals surface area contributed by atoms with E-state index < -0.39 is 0 Å². The average molecular weight is 219 g/mol. The lowest BCUT2D eigenvalue weighted by molar-refractivity contribution is 0.841. The van der Waals surface area contributed by atoms with E-state index >= 15 is 0 Å². The van der Waals surface area contributed by atoms with Crippen LogP contribution in [0, 0.1) is 0 Å². The van der Waals surface area contributed by atoms with Gasteiger partial charge in [-0.1, -0.05) is 18.5 Å². The second-order valence-corrected chi connectivity index (χ2v) is 3.74. The smallest absolute Gasteiger partial charge is 0.144 e. The van der Waals surface area contributed by atoms with Gasteiger partial charge in [0.05, 0.1) is 10.4 Å². The molecule has 1 unspecified atom stereocenters. The van der Waals surface area contributed by atoms with Crippen molar-refractivity contribution in [2.75, 3.05) is 11.9 Å². The molecule has 1 aromatic rings. The zero-order chi connectivity index (χ0) is 9.68. The van der Waals surface area contributed by atoms with Crippen molar-refractivity contribution in [3.8, 4) is 0 Å². The second-order valence-electron chi connectivity index (χ2n) is 2.72. The maximum Gasteiger partial charge on any atom is 0.144 e. The van der Waals surface area contributed by atoms with Crippen molar-refractivity contribution in [2.24, 2.45) is 0 Å². The first-order valence-corrected chi connectivity index (χ1v) is 5.04. The zero-order valence-electron chi connectivity index (χ0n) is 7.43. The van der Waals surface area contributed by atoms with Gasteiger partial charge in [-0.3, -0.25) is 0 Å². The Morgan fingerprint density at radius 1 is 1.62 bits per heavy atom. The van der Waals surface area contributed by atoms with Crippen LogP contribution in [0.2, 0.25) is 5.02 Å². The molecule has 2 nitrogen and oxygen atoms in total. The molecule has 0 aliphatic heterocycles. The molecule has 0 fully saturated rings. The van der Waals surface area contributed by atoms with E-state index in [-0.39, 0.29) is 5.38 Å². The minimum absolute atomic E-state index is 0.123. The molecule has 1 heterocycles. The number of hydrogen-bond donors (Lipinski definition) is 1. The monoisotopic (exact) mass is 218 g/mol. The number of alkyl halides is 1. The summed E-state index contributed by atoms with van der Waals surface area (Å²) in [6, 6.07) is 3.59. The van der Waals surface area contributed by atoms with Crippen LogP contribution < -0.4 is 5.32 Å². The van der Waals surface area contributed by atoms with Gasteiger partial charge in [0, 0.05) is 12.7 Å². The first kappa shape index (κ1) is 10.6. The fourth-order valence-corrected chi connectivity index (χ4v) is 1.13. The Morgan fingerprint density at radius 3 is 3.00 bits per heavy atom. The number of halogens is 2. The maximum absolute atomic E-state index is 5.93. The van der Waals surface area contributed by atoms with Gasteiger partial charge in [-0.15, -0.1) is 11.6 Å². The quantitative estimate of drug-likeness (QED) is 0.786. The average Bonchev–Trinajstić information content (AvgIpc) is 2.16. The molecule has 0 bridgehead atoms. The zero-order valence-corrected chi connectivity index (χ0v) is 8.94. The number of hydrogen-bond acceptors (Lipinski definition) is 2. The normalized spacial score (nSPS) is 12.5. The van der Waals surface area contributed by atoms with Gasteiger partial charge < -0.3 is 5.32 Å². The van der Waals surface area contributed by atoms with Gasteiger partial charge in [0.15, 0.2) is 0 Å². The van der Waals surface area contributed by atoms with E-state index in [4.69, 9.17) is 23.2 Å². The summed E-state index contributed by atoms with van der Waals surface area (Å²) < 4.78 is 0. The lowest BCUT2D eigenvalue weighted by Crippen LogP contribution is -2.13. The van der Waals surface area contributed by atoms with Crippen LogP contribution in [0.15, 0.2) is 18.3 Å². The number of nitrogens with zero attached hydrogens (tertiary/aromatic N) is 1. The van der Waals surface area contributed by atoms with Crippen LogP contribution in [0.4, 0.5) is 5.82 Å². The van der Waals surface area contributed by atoms with Crippen molar-refractivity contribution < 1.29 is 0 Å². The molecule has 0 saturated carbocycles. The number of rotatable bonds is 4. The van der Waals surface area contributed by atoms with Crippen LogP contribution >= 0.6 is 23.2 Å². The van der Waals surface area contributed by atoms with Crippen LogP contribution in [0.25, 0.3) is 0 Å². The number of nitrogens with one attached hydrogen (secondary N) is 1. The van der Waals surface area contributed by atoms with Gasteiger partial charge in [-0.25, -0.2) is 4.98 Å². The largest absolute Gasteiger partial charge is 0.367 e. The standard InChI is InChI=1S/C9H12Cl2N2/c1-2-7(10)6-13-9-8(11)4-3-5-12-9/h3-5,7H,2,6H2,1H3,(H,12,13). The summed E-state index contributed by atoms with van der Waals surface area (Å²) >= 11 is 11.8. The topological polar surface area (TPSA) is 24.9 Å². The maximum atomic E-state index is 5.93. The van der Waals surface area contributed by atoms with Gasteiger partial charge in [-0.2, -0.15) is 0 Å². The molecule has 0 saturated heterocycles. The molecule has 1 aromatic heterocycles. The van der Waals surface area contributed by atoms with E-state index in [1.807, 2.05) is 6.92 Å². The van der Waals surface area contributed by atoms with Crippen molar-refractivity contribution in [3.05, 3.63) is 23.4 Å². The van der Waals surface area contributed by atoms with Crippen LogP contribution in [-0.2, 0) is 0 Å². The highest BCUT2D eigenvalue weighted by Crippen LogP contribution is 2.17. The number of aromatic nitrogens is 1. The first-order valence-electron chi connectivity index (χ1n) is 4.22. The third-order valence-corrected chi connectivity index (χ3v) is 2.46. The molecule has 1 N–H and O–H groups in total. The Bertz CT molecular complexity index is 266. The SMILES string of the molecule is CCC(Cl)CNc1ncccc1Cl. The summed E-state index contributed by atoms with van der Waals surface area (Å²) in [6.45, 7) is 2.73. The van der Waals surface area contributed by atoms with E-state index in [0.29, 0.717) is 17.4 Å². The number of pyridine rings is 1. The van der Waals surface area contributed by atoms with Crippen molar-refractivity contribution in [2.45, 2.75) is 18.7 Å². The minimum atomic E-state index is 0.123. The third-order valence-electron chi connectivity index (χ3n) is 1.69. The molecule has 13 heavy (non-hydrogen) atoms. The molecule has 4 heteroatoms. The van der Waals surface area contributed by atoms with Crippen LogP contribution in [0.1, 0.15) is 13.3 Å². The summed E-state index contributed by atoms with van der Waals surface area (Å²) in [5.41, 5.74) is 0. The fraction of sp³-hybridized carbons (Fsp3) is 0.444. The lowest BCUT2D eigenvalue weighted by Gasteiger charge is -2.09.